The highest BCUT2D eigenvalue weighted by atomic mass is 16.6. The van der Waals surface area contributed by atoms with Gasteiger partial charge in [-0.05, 0) is 76.6 Å². The molecule has 15 nitrogen and oxygen atoms in total. The van der Waals surface area contributed by atoms with Crippen LogP contribution in [-0.2, 0) is 64.2 Å². The van der Waals surface area contributed by atoms with Gasteiger partial charge in [0.15, 0.2) is 0 Å². The number of amides is 3. The largest absolute Gasteiger partial charge is 0.481 e. The lowest BCUT2D eigenvalue weighted by Crippen LogP contribution is -2.46. The number of carboxylic acid groups (broad SMARTS) is 1. The highest BCUT2D eigenvalue weighted by Gasteiger charge is 2.24. The number of benzene rings is 4. The number of hydrogen-bond donors (Lipinski definition) is 5. The number of esters is 2. The van der Waals surface area contributed by atoms with E-state index < -0.39 is 53.1 Å². The maximum atomic E-state index is 12.5. The smallest absolute Gasteiger partial charge is 0.407 e. The molecule has 0 aromatic heterocycles. The molecule has 0 fully saturated rings. The summed E-state index contributed by atoms with van der Waals surface area (Å²) in [5.41, 5.74) is 8.56. The lowest BCUT2D eigenvalue weighted by molar-refractivity contribution is -0.159. The van der Waals surface area contributed by atoms with Gasteiger partial charge in [-0.15, -0.1) is 0 Å². The fourth-order valence-corrected chi connectivity index (χ4v) is 5.87. The Morgan fingerprint density at radius 2 is 0.881 bits per heavy atom. The van der Waals surface area contributed by atoms with E-state index in [0.717, 1.165) is 22.3 Å². The van der Waals surface area contributed by atoms with Gasteiger partial charge in [-0.1, -0.05) is 135 Å². The van der Waals surface area contributed by atoms with Crippen molar-refractivity contribution < 1.29 is 52.8 Å². The van der Waals surface area contributed by atoms with E-state index in [2.05, 4.69) is 16.0 Å². The zero-order valence-electron chi connectivity index (χ0n) is 40.1. The number of hydrogen-bond acceptors (Lipinski definition) is 11. The summed E-state index contributed by atoms with van der Waals surface area (Å²) >= 11 is 0. The van der Waals surface area contributed by atoms with Gasteiger partial charge in [-0.2, -0.15) is 0 Å². The Bertz CT molecular complexity index is 2080. The number of nitrogens with two attached hydrogens (primary N) is 1. The first-order chi connectivity index (χ1) is 31.6. The third-order valence-electron chi connectivity index (χ3n) is 9.18. The Kier molecular flexibility index (Phi) is 25.0. The summed E-state index contributed by atoms with van der Waals surface area (Å²) in [6, 6.07) is 38.1. The molecule has 364 valence electrons. The van der Waals surface area contributed by atoms with Gasteiger partial charge in [0.05, 0.1) is 24.8 Å². The van der Waals surface area contributed by atoms with Gasteiger partial charge in [0.2, 0.25) is 5.91 Å². The highest BCUT2D eigenvalue weighted by molar-refractivity contribution is 5.83. The van der Waals surface area contributed by atoms with Crippen molar-refractivity contribution in [3.63, 3.8) is 0 Å². The number of carbonyl (C=O) groups is 6. The molecule has 3 amide bonds. The highest BCUT2D eigenvalue weighted by Crippen LogP contribution is 2.14. The fraction of sp³-hybridized carbons (Fsp3) is 0.423. The van der Waals surface area contributed by atoms with E-state index in [-0.39, 0.29) is 50.6 Å². The second kappa shape index (κ2) is 29.7. The topological polar surface area (TPSA) is 222 Å². The molecule has 0 spiro atoms. The van der Waals surface area contributed by atoms with E-state index in [1.807, 2.05) is 121 Å². The van der Waals surface area contributed by atoms with Crippen molar-refractivity contribution in [2.75, 3.05) is 13.1 Å². The van der Waals surface area contributed by atoms with E-state index in [9.17, 15) is 28.8 Å². The van der Waals surface area contributed by atoms with Crippen LogP contribution < -0.4 is 21.7 Å². The molecule has 4 atom stereocenters. The maximum absolute atomic E-state index is 12.5. The summed E-state index contributed by atoms with van der Waals surface area (Å²) in [5, 5.41) is 17.0. The summed E-state index contributed by atoms with van der Waals surface area (Å²) in [7, 11) is 0. The van der Waals surface area contributed by atoms with Gasteiger partial charge in [0.25, 0.3) is 0 Å². The van der Waals surface area contributed by atoms with Crippen LogP contribution in [0.25, 0.3) is 0 Å². The van der Waals surface area contributed by atoms with Crippen molar-refractivity contribution in [3.8, 4) is 0 Å². The van der Waals surface area contributed by atoms with Gasteiger partial charge in [-0.25, -0.2) is 9.59 Å². The van der Waals surface area contributed by atoms with Gasteiger partial charge < -0.3 is 45.7 Å². The van der Waals surface area contributed by atoms with Gasteiger partial charge in [-0.3, -0.25) is 19.2 Å². The summed E-state index contributed by atoms with van der Waals surface area (Å²) in [6.07, 6.45) is 0.117. The summed E-state index contributed by atoms with van der Waals surface area (Å²) in [4.78, 5) is 70.2. The van der Waals surface area contributed by atoms with Crippen molar-refractivity contribution in [3.05, 3.63) is 144 Å². The van der Waals surface area contributed by atoms with E-state index in [0.29, 0.717) is 19.4 Å². The van der Waals surface area contributed by atoms with Crippen LogP contribution >= 0.6 is 0 Å². The van der Waals surface area contributed by atoms with Crippen molar-refractivity contribution in [2.45, 2.75) is 118 Å². The summed E-state index contributed by atoms with van der Waals surface area (Å²) in [5.74, 6) is -3.39. The predicted molar refractivity (Wildman–Crippen MR) is 256 cm³/mol. The SMILES string of the molecule is C[C@@H](CC(=O)OC(C)(C)C)C(=O)NC[C@@H](Cc1ccccc1)NC(=O)OCc1ccccc1.C[C@@H](CC(=O)OC(C)(C)C)C(=O)O.NC[C@@H](Cc1ccccc1)NC(=O)OCc1ccccc1. The van der Waals surface area contributed by atoms with Gasteiger partial charge in [0.1, 0.15) is 24.4 Å². The molecule has 0 aliphatic rings. The average molecular weight is 927 g/mol. The Balaban J connectivity index is 0.000000385. The minimum atomic E-state index is -0.981. The number of carbonyl (C=O) groups excluding carboxylic acids is 5. The summed E-state index contributed by atoms with van der Waals surface area (Å²) in [6.45, 7) is 14.7. The molecule has 15 heteroatoms. The zero-order valence-corrected chi connectivity index (χ0v) is 40.1. The molecule has 67 heavy (non-hydrogen) atoms. The third-order valence-corrected chi connectivity index (χ3v) is 9.18. The second-order valence-electron chi connectivity index (χ2n) is 17.9. The lowest BCUT2D eigenvalue weighted by Gasteiger charge is -2.22. The van der Waals surface area contributed by atoms with E-state index in [4.69, 9.17) is 29.8 Å². The van der Waals surface area contributed by atoms with Crippen LogP contribution in [0.3, 0.4) is 0 Å². The molecule has 4 aromatic rings. The molecular formula is C52H70N4O11. The first kappa shape index (κ1) is 56.4. The predicted octanol–water partition coefficient (Wildman–Crippen LogP) is 7.93. The zero-order chi connectivity index (χ0) is 49.8. The standard InChI is InChI=1S/C26H34N2O5.C17H20N2O2.C9H16O4/c1-19(15-23(29)33-26(2,3)4)24(30)27-17-22(16-20-11-7-5-8-12-20)28-25(31)32-18-21-13-9-6-10-14-21;18-12-16(11-14-7-3-1-4-8-14)19-17(20)21-13-15-9-5-2-6-10-15;1-6(8(11)12)5-7(10)13-9(2,3)4/h5-14,19,22H,15-18H2,1-4H3,(H,27,30)(H,28,31);1-10,16H,11-13,18H2,(H,19,20);6H,5H2,1-4H3,(H,11,12)/t19-,22+;16-;6-/m010/s1. The first-order valence-electron chi connectivity index (χ1n) is 22.3. The number of alkyl carbamates (subject to hydrolysis) is 2. The number of rotatable bonds is 19. The fourth-order valence-electron chi connectivity index (χ4n) is 5.87. The molecule has 4 aromatic carbocycles. The molecule has 0 heterocycles. The lowest BCUT2D eigenvalue weighted by atomic mass is 10.0. The van der Waals surface area contributed by atoms with Crippen LogP contribution in [0.2, 0.25) is 0 Å². The Morgan fingerprint density at radius 3 is 1.24 bits per heavy atom. The van der Waals surface area contributed by atoms with Crippen molar-refractivity contribution in [1.29, 1.82) is 0 Å². The molecule has 0 aliphatic heterocycles. The number of aliphatic carboxylic acids is 1. The molecule has 0 saturated carbocycles. The Morgan fingerprint density at radius 1 is 0.537 bits per heavy atom. The number of carboxylic acids is 1. The van der Waals surface area contributed by atoms with E-state index in [1.165, 1.54) is 6.92 Å². The van der Waals surface area contributed by atoms with Crippen LogP contribution in [0.4, 0.5) is 9.59 Å². The quantitative estimate of drug-likeness (QED) is 0.0447. The summed E-state index contributed by atoms with van der Waals surface area (Å²) < 4.78 is 20.8. The van der Waals surface area contributed by atoms with Crippen molar-refractivity contribution in [2.24, 2.45) is 17.6 Å². The second-order valence-corrected chi connectivity index (χ2v) is 17.9. The Labute approximate surface area is 395 Å². The van der Waals surface area contributed by atoms with Crippen LogP contribution in [0.1, 0.15) is 90.5 Å². The third kappa shape index (κ3) is 27.4. The van der Waals surface area contributed by atoms with Gasteiger partial charge in [0, 0.05) is 25.0 Å². The van der Waals surface area contributed by atoms with E-state index >= 15 is 0 Å². The molecular weight excluding hydrogens is 857 g/mol. The minimum Gasteiger partial charge on any atom is -0.481 e. The maximum Gasteiger partial charge on any atom is 0.407 e. The number of nitrogens with one attached hydrogen (secondary N) is 3. The van der Waals surface area contributed by atoms with Crippen LogP contribution in [0.15, 0.2) is 121 Å². The molecule has 6 N–H and O–H groups in total. The van der Waals surface area contributed by atoms with E-state index in [1.54, 1.807) is 48.5 Å². The molecule has 0 unspecified atom stereocenters. The normalized spacial score (nSPS) is 12.6. The molecule has 0 aliphatic carbocycles. The monoisotopic (exact) mass is 927 g/mol. The number of ether oxygens (including phenoxy) is 4. The Hall–Kier alpha value is -6.74. The first-order valence-corrected chi connectivity index (χ1v) is 22.3. The molecule has 4 rings (SSSR count). The minimum absolute atomic E-state index is 0.0149. The van der Waals surface area contributed by atoms with Crippen LogP contribution in [0, 0.1) is 11.8 Å². The average Bonchev–Trinajstić information content (AvgIpc) is 3.27. The van der Waals surface area contributed by atoms with Gasteiger partial charge >= 0.3 is 30.1 Å². The molecule has 0 saturated heterocycles. The van der Waals surface area contributed by atoms with Crippen molar-refractivity contribution in [1.82, 2.24) is 16.0 Å². The van der Waals surface area contributed by atoms with Crippen LogP contribution in [-0.4, -0.2) is 77.5 Å². The molecule has 0 bridgehead atoms. The van der Waals surface area contributed by atoms with Crippen LogP contribution in [0.5, 0.6) is 0 Å². The van der Waals surface area contributed by atoms with Crippen molar-refractivity contribution >= 4 is 36.0 Å². The molecule has 0 radical (unpaired) electrons.